The first-order valence-electron chi connectivity index (χ1n) is 5.58. The molecule has 0 saturated carbocycles. The normalized spacial score (nSPS) is 13.4. The van der Waals surface area contributed by atoms with Gasteiger partial charge in [-0.2, -0.15) is 0 Å². The van der Waals surface area contributed by atoms with Gasteiger partial charge in [0.1, 0.15) is 0 Å². The fraction of sp³-hybridized carbons (Fsp3) is 0.0667. The first-order chi connectivity index (χ1) is 9.17. The largest absolute Gasteiger partial charge is 0.805 e. The lowest BCUT2D eigenvalue weighted by molar-refractivity contribution is 0.328. The molecule has 1 atom stereocenters. The van der Waals surface area contributed by atoms with E-state index in [2.05, 4.69) is 19.7 Å². The van der Waals surface area contributed by atoms with Crippen molar-refractivity contribution in [3.05, 3.63) is 85.9 Å². The van der Waals surface area contributed by atoms with Crippen LogP contribution in [0.4, 0.5) is 0 Å². The van der Waals surface area contributed by atoms with Crippen LogP contribution in [-0.2, 0) is 13.6 Å². The van der Waals surface area contributed by atoms with Crippen molar-refractivity contribution in [2.75, 3.05) is 0 Å². The third-order valence-corrected chi connectivity index (χ3v) is 2.47. The Morgan fingerprint density at radius 1 is 1.00 bits per heavy atom. The van der Waals surface area contributed by atoms with Gasteiger partial charge in [-0.05, 0) is 31.2 Å². The molecule has 0 N–H and O–H groups in total. The number of hydrogen-bond donors (Lipinski definition) is 0. The zero-order chi connectivity index (χ0) is 14.5. The summed E-state index contributed by atoms with van der Waals surface area (Å²) in [7, 11) is -2.31. The summed E-state index contributed by atoms with van der Waals surface area (Å²) in [6.07, 6.45) is 14.7. The van der Waals surface area contributed by atoms with Crippen molar-refractivity contribution in [2.24, 2.45) is 0 Å². The average molecular weight is 277 g/mol. The molecule has 0 spiro atoms. The van der Waals surface area contributed by atoms with Crippen molar-refractivity contribution in [2.45, 2.75) is 6.92 Å². The molecule has 0 amide bonds. The second-order valence-corrected chi connectivity index (χ2v) is 3.90. The third kappa shape index (κ3) is 8.58. The molecule has 0 aliphatic rings. The van der Waals surface area contributed by atoms with Gasteiger partial charge >= 0.3 is 8.25 Å². The average Bonchev–Trinajstić information content (AvgIpc) is 2.42. The molecule has 0 saturated heterocycles. The molecular formula is C15H18O3P+. The zero-order valence-corrected chi connectivity index (χ0v) is 11.9. The molecule has 0 aromatic heterocycles. The summed E-state index contributed by atoms with van der Waals surface area (Å²) < 4.78 is 21.9. The molecule has 0 bridgehead atoms. The maximum Gasteiger partial charge on any atom is 0.805 e. The van der Waals surface area contributed by atoms with E-state index in [1.165, 1.54) is 6.08 Å². The predicted molar refractivity (Wildman–Crippen MR) is 80.5 cm³/mol. The molecule has 0 radical (unpaired) electrons. The molecule has 3 nitrogen and oxygen atoms in total. The monoisotopic (exact) mass is 277 g/mol. The van der Waals surface area contributed by atoms with E-state index in [-0.39, 0.29) is 0 Å². The highest BCUT2D eigenvalue weighted by atomic mass is 31.1. The van der Waals surface area contributed by atoms with E-state index < -0.39 is 8.25 Å². The van der Waals surface area contributed by atoms with E-state index >= 15 is 0 Å². The molecule has 19 heavy (non-hydrogen) atoms. The standard InChI is InChI=1S/C15H18O3P/c1-5-9-11-13-15(8-4)18-19(16)17-14(7-3)12-10-6-2/h5-13H,1-2,4H2,3H3/q+1/b11-9-,12-10-,14-7+,15-13+. The van der Waals surface area contributed by atoms with Crippen LogP contribution in [0.3, 0.4) is 0 Å². The van der Waals surface area contributed by atoms with Gasteiger partial charge in [0.2, 0.25) is 0 Å². The smallest absolute Gasteiger partial charge is 0.223 e. The first kappa shape index (κ1) is 16.9. The maximum absolute atomic E-state index is 11.6. The van der Waals surface area contributed by atoms with Crippen LogP contribution in [0.1, 0.15) is 6.92 Å². The second-order valence-electron chi connectivity index (χ2n) is 3.09. The van der Waals surface area contributed by atoms with Crippen LogP contribution in [0.15, 0.2) is 85.9 Å². The highest BCUT2D eigenvalue weighted by molar-refractivity contribution is 7.33. The predicted octanol–water partition coefficient (Wildman–Crippen LogP) is 5.14. The molecule has 4 heteroatoms. The topological polar surface area (TPSA) is 35.5 Å². The van der Waals surface area contributed by atoms with E-state index in [0.29, 0.717) is 11.5 Å². The Morgan fingerprint density at radius 3 is 2.16 bits per heavy atom. The van der Waals surface area contributed by atoms with Crippen LogP contribution >= 0.6 is 8.25 Å². The summed E-state index contributed by atoms with van der Waals surface area (Å²) in [6, 6.07) is 0. The van der Waals surface area contributed by atoms with Gasteiger partial charge < -0.3 is 0 Å². The third-order valence-electron chi connectivity index (χ3n) is 1.75. The van der Waals surface area contributed by atoms with Gasteiger partial charge in [-0.1, -0.05) is 50.1 Å². The first-order valence-corrected chi connectivity index (χ1v) is 6.67. The van der Waals surface area contributed by atoms with Gasteiger partial charge in [0.05, 0.1) is 0 Å². The highest BCUT2D eigenvalue weighted by Gasteiger charge is 2.24. The van der Waals surface area contributed by atoms with Gasteiger partial charge in [-0.25, -0.2) is 9.05 Å². The molecule has 0 rings (SSSR count). The molecule has 0 aliphatic heterocycles. The number of rotatable bonds is 9. The summed E-state index contributed by atoms with van der Waals surface area (Å²) >= 11 is 0. The summed E-state index contributed by atoms with van der Waals surface area (Å²) in [4.78, 5) is 0. The Kier molecular flexibility index (Phi) is 9.77. The maximum atomic E-state index is 11.6. The van der Waals surface area contributed by atoms with E-state index in [4.69, 9.17) is 9.05 Å². The molecule has 0 heterocycles. The van der Waals surface area contributed by atoms with Crippen LogP contribution in [0.25, 0.3) is 0 Å². The summed E-state index contributed by atoms with van der Waals surface area (Å²) in [5.74, 6) is 0.786. The lowest BCUT2D eigenvalue weighted by Gasteiger charge is -1.93. The SMILES string of the molecule is C=C/C=C\C=C(/C=C)O[P+](=O)OC(/C=C\C=C)=C/C. The minimum absolute atomic E-state index is 0.349. The Balaban J connectivity index is 4.58. The van der Waals surface area contributed by atoms with Crippen LogP contribution in [0.5, 0.6) is 0 Å². The Bertz CT molecular complexity index is 454. The molecular weight excluding hydrogens is 259 g/mol. The van der Waals surface area contributed by atoms with Crippen LogP contribution in [0, 0.1) is 0 Å². The molecule has 1 unspecified atom stereocenters. The van der Waals surface area contributed by atoms with Gasteiger partial charge in [0, 0.05) is 4.57 Å². The molecule has 0 aromatic carbocycles. The van der Waals surface area contributed by atoms with Crippen molar-refractivity contribution < 1.29 is 13.6 Å². The molecule has 0 fully saturated rings. The van der Waals surface area contributed by atoms with Crippen molar-refractivity contribution in [3.8, 4) is 0 Å². The minimum atomic E-state index is -2.31. The van der Waals surface area contributed by atoms with E-state index in [1.807, 2.05) is 0 Å². The number of hydrogen-bond acceptors (Lipinski definition) is 3. The fourth-order valence-electron chi connectivity index (χ4n) is 0.898. The van der Waals surface area contributed by atoms with Crippen LogP contribution in [-0.4, -0.2) is 0 Å². The van der Waals surface area contributed by atoms with E-state index in [1.54, 1.807) is 55.5 Å². The van der Waals surface area contributed by atoms with Gasteiger partial charge in [-0.15, -0.1) is 0 Å². The minimum Gasteiger partial charge on any atom is -0.223 e. The quantitative estimate of drug-likeness (QED) is 0.333. The summed E-state index contributed by atoms with van der Waals surface area (Å²) in [5, 5.41) is 0. The van der Waals surface area contributed by atoms with Crippen molar-refractivity contribution in [1.29, 1.82) is 0 Å². The molecule has 0 aliphatic carbocycles. The fourth-order valence-corrected chi connectivity index (χ4v) is 1.58. The summed E-state index contributed by atoms with van der Waals surface area (Å²) in [5.41, 5.74) is 0. The molecule has 0 aromatic rings. The van der Waals surface area contributed by atoms with Gasteiger partial charge in [-0.3, -0.25) is 0 Å². The number of allylic oxidation sites excluding steroid dienone is 9. The Morgan fingerprint density at radius 2 is 1.63 bits per heavy atom. The van der Waals surface area contributed by atoms with Crippen LogP contribution in [0.2, 0.25) is 0 Å². The van der Waals surface area contributed by atoms with Crippen molar-refractivity contribution in [3.63, 3.8) is 0 Å². The Labute approximate surface area is 115 Å². The molecule has 100 valence electrons. The van der Waals surface area contributed by atoms with Crippen molar-refractivity contribution in [1.82, 2.24) is 0 Å². The summed E-state index contributed by atoms with van der Waals surface area (Å²) in [6.45, 7) is 12.4. The lowest BCUT2D eigenvalue weighted by Crippen LogP contribution is -1.84. The van der Waals surface area contributed by atoms with Gasteiger partial charge in [0.25, 0.3) is 0 Å². The van der Waals surface area contributed by atoms with E-state index in [9.17, 15) is 4.57 Å². The van der Waals surface area contributed by atoms with Gasteiger partial charge in [0.15, 0.2) is 11.5 Å². The second kappa shape index (κ2) is 11.0. The highest BCUT2D eigenvalue weighted by Crippen LogP contribution is 2.31. The van der Waals surface area contributed by atoms with Crippen molar-refractivity contribution >= 4 is 8.25 Å². The Hall–Kier alpha value is -2.12. The lowest BCUT2D eigenvalue weighted by atomic mass is 10.4. The van der Waals surface area contributed by atoms with E-state index in [0.717, 1.165) is 0 Å². The zero-order valence-electron chi connectivity index (χ0n) is 11.0. The van der Waals surface area contributed by atoms with Crippen LogP contribution < -0.4 is 0 Å².